The Morgan fingerprint density at radius 2 is 1.76 bits per heavy atom. The summed E-state index contributed by atoms with van der Waals surface area (Å²) >= 11 is 1.56. The quantitative estimate of drug-likeness (QED) is 0.447. The molecule has 0 fully saturated rings. The minimum Gasteiger partial charge on any atom is -0.497 e. The van der Waals surface area contributed by atoms with E-state index in [0.29, 0.717) is 36.0 Å². The fraction of sp³-hybridized carbons (Fsp3) is 0.231. The topological polar surface area (TPSA) is 72.8 Å². The summed E-state index contributed by atoms with van der Waals surface area (Å²) in [6, 6.07) is 18.8. The number of amides is 2. The molecule has 2 aromatic carbocycles. The van der Waals surface area contributed by atoms with Gasteiger partial charge < -0.3 is 19.4 Å². The molecule has 1 aliphatic rings. The predicted octanol–water partition coefficient (Wildman–Crippen LogP) is 4.46. The van der Waals surface area contributed by atoms with E-state index >= 15 is 0 Å². The number of methoxy groups -OCH3 is 2. The number of carbonyl (C=O) groups is 2. The molecular formula is C26H25N3O4S. The van der Waals surface area contributed by atoms with Gasteiger partial charge in [-0.2, -0.15) is 0 Å². The van der Waals surface area contributed by atoms with Crippen molar-refractivity contribution in [2.24, 2.45) is 0 Å². The van der Waals surface area contributed by atoms with Crippen molar-refractivity contribution in [2.75, 3.05) is 19.1 Å². The minimum atomic E-state index is -1.19. The molecule has 0 bridgehead atoms. The van der Waals surface area contributed by atoms with Gasteiger partial charge in [-0.1, -0.05) is 30.3 Å². The Hall–Kier alpha value is -3.78. The van der Waals surface area contributed by atoms with Crippen molar-refractivity contribution in [3.63, 3.8) is 0 Å². The van der Waals surface area contributed by atoms with Gasteiger partial charge in [0.15, 0.2) is 0 Å². The molecule has 2 amide bonds. The van der Waals surface area contributed by atoms with E-state index in [-0.39, 0.29) is 11.8 Å². The Kier molecular flexibility index (Phi) is 5.53. The zero-order valence-corrected chi connectivity index (χ0v) is 20.0. The molecule has 1 unspecified atom stereocenters. The van der Waals surface area contributed by atoms with Gasteiger partial charge in [0.2, 0.25) is 5.91 Å². The smallest absolute Gasteiger partial charge is 0.275 e. The number of thiophene rings is 1. The Morgan fingerprint density at radius 1 is 1.06 bits per heavy atom. The van der Waals surface area contributed by atoms with Gasteiger partial charge in [-0.25, -0.2) is 0 Å². The number of hydrogen-bond donors (Lipinski definition) is 1. The van der Waals surface area contributed by atoms with Crippen LogP contribution in [-0.2, 0) is 17.9 Å². The van der Waals surface area contributed by atoms with Crippen LogP contribution in [0.1, 0.15) is 23.0 Å². The monoisotopic (exact) mass is 475 g/mol. The second-order valence-corrected chi connectivity index (χ2v) is 9.34. The second kappa shape index (κ2) is 8.53. The predicted molar refractivity (Wildman–Crippen MR) is 133 cm³/mol. The molecule has 8 heteroatoms. The Bertz CT molecular complexity index is 1360. The number of hydrogen-bond acceptors (Lipinski definition) is 5. The zero-order valence-electron chi connectivity index (χ0n) is 19.2. The third-order valence-electron chi connectivity index (χ3n) is 6.26. The Balaban J connectivity index is 1.61. The van der Waals surface area contributed by atoms with Crippen LogP contribution in [0.15, 0.2) is 66.0 Å². The summed E-state index contributed by atoms with van der Waals surface area (Å²) in [5.74, 6) is 0.588. The average molecular weight is 476 g/mol. The van der Waals surface area contributed by atoms with Crippen molar-refractivity contribution in [2.45, 2.75) is 25.6 Å². The largest absolute Gasteiger partial charge is 0.497 e. The average Bonchev–Trinajstić information content (AvgIpc) is 3.45. The lowest BCUT2D eigenvalue weighted by Gasteiger charge is -2.44. The number of ether oxygens (including phenoxy) is 2. The van der Waals surface area contributed by atoms with E-state index in [1.165, 1.54) is 0 Å². The van der Waals surface area contributed by atoms with Crippen molar-refractivity contribution < 1.29 is 19.1 Å². The fourth-order valence-electron chi connectivity index (χ4n) is 4.49. The van der Waals surface area contributed by atoms with Crippen LogP contribution in [0, 0.1) is 0 Å². The van der Waals surface area contributed by atoms with Crippen molar-refractivity contribution >= 4 is 39.1 Å². The van der Waals surface area contributed by atoms with E-state index in [1.807, 2.05) is 52.4 Å². The highest BCUT2D eigenvalue weighted by atomic mass is 32.1. The first kappa shape index (κ1) is 22.0. The molecule has 4 aromatic rings. The molecule has 1 aliphatic heterocycles. The molecule has 7 nitrogen and oxygen atoms in total. The number of nitrogens with one attached hydrogen (secondary N) is 1. The molecule has 3 heterocycles. The van der Waals surface area contributed by atoms with Crippen molar-refractivity contribution in [1.29, 1.82) is 0 Å². The van der Waals surface area contributed by atoms with Crippen LogP contribution in [0.25, 0.3) is 10.2 Å². The molecule has 0 aliphatic carbocycles. The summed E-state index contributed by atoms with van der Waals surface area (Å²) < 4.78 is 12.8. The maximum Gasteiger partial charge on any atom is 0.275 e. The molecule has 5 rings (SSSR count). The molecule has 34 heavy (non-hydrogen) atoms. The first-order valence-corrected chi connectivity index (χ1v) is 11.8. The van der Waals surface area contributed by atoms with Crippen LogP contribution in [0.2, 0.25) is 0 Å². The zero-order chi connectivity index (χ0) is 23.9. The molecule has 2 aromatic heterocycles. The summed E-state index contributed by atoms with van der Waals surface area (Å²) in [5.41, 5.74) is 0.886. The first-order valence-electron chi connectivity index (χ1n) is 10.9. The SMILES string of the molecule is COc1cc(OC)cc(N2C(=O)c3cc4ccsc4n3CC2(C)C(=O)NCc2ccccc2)c1. The summed E-state index contributed by atoms with van der Waals surface area (Å²) in [7, 11) is 3.11. The Morgan fingerprint density at radius 3 is 2.44 bits per heavy atom. The van der Waals surface area contributed by atoms with Crippen molar-refractivity contribution in [1.82, 2.24) is 9.88 Å². The third kappa shape index (κ3) is 3.60. The van der Waals surface area contributed by atoms with E-state index in [4.69, 9.17) is 9.47 Å². The number of rotatable bonds is 6. The maximum absolute atomic E-state index is 13.9. The summed E-state index contributed by atoms with van der Waals surface area (Å²) in [6.07, 6.45) is 0. The van der Waals surface area contributed by atoms with Crippen molar-refractivity contribution in [3.8, 4) is 11.5 Å². The second-order valence-electron chi connectivity index (χ2n) is 8.45. The van der Waals surface area contributed by atoms with Crippen LogP contribution in [-0.4, -0.2) is 36.1 Å². The van der Waals surface area contributed by atoms with Gasteiger partial charge in [-0.15, -0.1) is 11.3 Å². The minimum absolute atomic E-state index is 0.240. The number of nitrogens with zero attached hydrogens (tertiary/aromatic N) is 2. The summed E-state index contributed by atoms with van der Waals surface area (Å²) in [5, 5.41) is 6.03. The highest BCUT2D eigenvalue weighted by molar-refractivity contribution is 7.16. The molecule has 0 saturated carbocycles. The lowest BCUT2D eigenvalue weighted by Crippen LogP contribution is -2.64. The van der Waals surface area contributed by atoms with Gasteiger partial charge in [0.1, 0.15) is 27.6 Å². The van der Waals surface area contributed by atoms with Crippen LogP contribution < -0.4 is 19.7 Å². The van der Waals surface area contributed by atoms with Gasteiger partial charge in [-0.05, 0) is 30.0 Å². The van der Waals surface area contributed by atoms with E-state index in [1.54, 1.807) is 55.6 Å². The van der Waals surface area contributed by atoms with Gasteiger partial charge >= 0.3 is 0 Å². The van der Waals surface area contributed by atoms with Crippen LogP contribution in [0.3, 0.4) is 0 Å². The molecule has 1 N–H and O–H groups in total. The number of benzene rings is 2. The molecule has 0 spiro atoms. The molecule has 0 radical (unpaired) electrons. The summed E-state index contributed by atoms with van der Waals surface area (Å²) in [4.78, 5) is 30.2. The Labute approximate surface area is 201 Å². The number of carbonyl (C=O) groups excluding carboxylic acids is 2. The highest BCUT2D eigenvalue weighted by Crippen LogP contribution is 2.39. The highest BCUT2D eigenvalue weighted by Gasteiger charge is 2.49. The fourth-order valence-corrected chi connectivity index (χ4v) is 5.39. The standard InChI is InChI=1S/C26H25N3O4S/c1-26(25(31)27-15-17-7-5-4-6-8-17)16-28-22(11-18-9-10-34-24(18)28)23(30)29(26)19-12-20(32-2)14-21(13-19)33-3/h4-14H,15-16H2,1-3H3,(H,27,31). The van der Waals surface area contributed by atoms with E-state index in [0.717, 1.165) is 15.8 Å². The molecule has 174 valence electrons. The van der Waals surface area contributed by atoms with E-state index < -0.39 is 5.54 Å². The normalized spacial score (nSPS) is 17.5. The van der Waals surface area contributed by atoms with E-state index in [9.17, 15) is 9.59 Å². The molecule has 0 saturated heterocycles. The molecular weight excluding hydrogens is 450 g/mol. The third-order valence-corrected chi connectivity index (χ3v) is 7.22. The van der Waals surface area contributed by atoms with Crippen LogP contribution in [0.5, 0.6) is 11.5 Å². The lowest BCUT2D eigenvalue weighted by atomic mass is 9.93. The van der Waals surface area contributed by atoms with Crippen LogP contribution in [0.4, 0.5) is 5.69 Å². The van der Waals surface area contributed by atoms with Gasteiger partial charge in [0, 0.05) is 30.1 Å². The molecule has 1 atom stereocenters. The van der Waals surface area contributed by atoms with Gasteiger partial charge in [0.05, 0.1) is 26.5 Å². The van der Waals surface area contributed by atoms with Gasteiger partial charge in [-0.3, -0.25) is 14.5 Å². The number of fused-ring (bicyclic) bond motifs is 3. The maximum atomic E-state index is 13.9. The van der Waals surface area contributed by atoms with E-state index in [2.05, 4.69) is 5.32 Å². The van der Waals surface area contributed by atoms with Gasteiger partial charge in [0.25, 0.3) is 5.91 Å². The number of aromatic nitrogens is 1. The van der Waals surface area contributed by atoms with Crippen LogP contribution >= 0.6 is 11.3 Å². The van der Waals surface area contributed by atoms with Crippen molar-refractivity contribution in [3.05, 3.63) is 77.3 Å². The number of anilines is 1. The summed E-state index contributed by atoms with van der Waals surface area (Å²) in [6.45, 7) is 2.49. The first-order chi connectivity index (χ1) is 16.4. The lowest BCUT2D eigenvalue weighted by molar-refractivity contribution is -0.126.